The van der Waals surface area contributed by atoms with E-state index in [-0.39, 0.29) is 0 Å². The predicted molar refractivity (Wildman–Crippen MR) is 98.4 cm³/mol. The average molecular weight is 525 g/mol. The van der Waals surface area contributed by atoms with E-state index in [0.717, 1.165) is 16.8 Å². The minimum Gasteiger partial charge on any atom is -0.390 e. The van der Waals surface area contributed by atoms with Crippen LogP contribution in [0, 0.1) is 0 Å². The average Bonchev–Trinajstić information content (AvgIpc) is 2.85. The molecule has 0 radical (unpaired) electrons. The van der Waals surface area contributed by atoms with Crippen LogP contribution < -0.4 is 17.0 Å². The van der Waals surface area contributed by atoms with Crippen LogP contribution in [0.4, 0.5) is 0 Å². The molecule has 5 atom stereocenters. The molecule has 1 fully saturated rings. The Kier molecular flexibility index (Phi) is 7.84. The predicted octanol–water partition coefficient (Wildman–Crippen LogP) is -2.44. The first-order valence-electron chi connectivity index (χ1n) is 8.19. The second kappa shape index (κ2) is 9.38. The van der Waals surface area contributed by atoms with Crippen LogP contribution in [0.3, 0.4) is 0 Å². The molecule has 0 aliphatic carbocycles. The number of aliphatic hydroxyl groups is 1. The van der Waals surface area contributed by atoms with Gasteiger partial charge in [0.1, 0.15) is 6.10 Å². The molecule has 8 N–H and O–H groups in total. The van der Waals surface area contributed by atoms with Gasteiger partial charge in [-0.15, -0.1) is 0 Å². The molecule has 1 aliphatic rings. The number of nitrogens with two attached hydrogens (primary N) is 1. The summed E-state index contributed by atoms with van der Waals surface area (Å²) in [6.07, 6.45) is -3.30. The zero-order chi connectivity index (χ0) is 24.5. The lowest BCUT2D eigenvalue weighted by Gasteiger charge is -2.30. The van der Waals surface area contributed by atoms with Gasteiger partial charge in [0.2, 0.25) is 5.91 Å². The van der Waals surface area contributed by atoms with Crippen molar-refractivity contribution in [3.8, 4) is 0 Å². The lowest BCUT2D eigenvalue weighted by molar-refractivity contribution is -0.143. The van der Waals surface area contributed by atoms with Crippen LogP contribution >= 0.6 is 23.5 Å². The number of hydrogen-bond donors (Lipinski definition) is 7. The Hall–Kier alpha value is -1.52. The molecule has 2 unspecified atom stereocenters. The van der Waals surface area contributed by atoms with Crippen LogP contribution in [0.15, 0.2) is 21.9 Å². The number of aromatic nitrogens is 2. The highest BCUT2D eigenvalue weighted by atomic mass is 31.3. The largest absolute Gasteiger partial charge is 0.490 e. The Balaban J connectivity index is 2.20. The highest BCUT2D eigenvalue weighted by Gasteiger charge is 2.50. The second-order valence-corrected chi connectivity index (χ2v) is 10.8. The Morgan fingerprint density at radius 2 is 1.84 bits per heavy atom. The fourth-order valence-electron chi connectivity index (χ4n) is 2.85. The van der Waals surface area contributed by atoms with Crippen LogP contribution in [0.1, 0.15) is 12.8 Å². The number of phosphoric ester groups is 1. The van der Waals surface area contributed by atoms with Crippen molar-refractivity contribution in [3.05, 3.63) is 33.1 Å². The summed E-state index contributed by atoms with van der Waals surface area (Å²) in [5.74, 6) is -0.983. The standard InChI is InChI=1S/C11H18N3O15P3/c12-8(16)4-11(14-2-1-9(17)13-10(14)18)3-6(15)7(27-11)5-26-31(22,23)29-32(24,25)28-30(19,20)21/h1-2,6-7,15H,3-5H2,(H2,12,16)(H,22,23)(H,24,25)(H,13,17,18)(H2,19,20,21)/t6-,7+,11-/m0/s1. The number of nitrogens with one attached hydrogen (secondary N) is 1. The van der Waals surface area contributed by atoms with E-state index >= 15 is 0 Å². The van der Waals surface area contributed by atoms with Gasteiger partial charge in [0.05, 0.1) is 19.1 Å². The Morgan fingerprint density at radius 1 is 1.22 bits per heavy atom. The number of aliphatic hydroxyl groups excluding tert-OH is 1. The molecule has 1 saturated heterocycles. The van der Waals surface area contributed by atoms with Crippen molar-refractivity contribution in [1.82, 2.24) is 9.55 Å². The van der Waals surface area contributed by atoms with Crippen molar-refractivity contribution in [2.45, 2.75) is 30.8 Å². The number of carbonyl (C=O) groups is 1. The van der Waals surface area contributed by atoms with Gasteiger partial charge in [-0.2, -0.15) is 8.62 Å². The Morgan fingerprint density at radius 3 is 2.38 bits per heavy atom. The molecule has 2 heterocycles. The lowest BCUT2D eigenvalue weighted by Crippen LogP contribution is -2.46. The third-order valence-corrected chi connectivity index (χ3v) is 7.66. The van der Waals surface area contributed by atoms with E-state index in [9.17, 15) is 38.1 Å². The zero-order valence-corrected chi connectivity index (χ0v) is 18.3. The monoisotopic (exact) mass is 525 g/mol. The minimum atomic E-state index is -5.76. The van der Waals surface area contributed by atoms with Gasteiger partial charge in [-0.1, -0.05) is 0 Å². The molecule has 2 rings (SSSR count). The molecule has 182 valence electrons. The van der Waals surface area contributed by atoms with Gasteiger partial charge in [-0.05, 0) is 0 Å². The molecule has 1 aromatic heterocycles. The molecular weight excluding hydrogens is 507 g/mol. The summed E-state index contributed by atoms with van der Waals surface area (Å²) in [7, 11) is -16.9. The van der Waals surface area contributed by atoms with Crippen molar-refractivity contribution in [2.24, 2.45) is 5.73 Å². The van der Waals surface area contributed by atoms with Gasteiger partial charge in [0.25, 0.3) is 5.56 Å². The second-order valence-electron chi connectivity index (χ2n) is 6.38. The smallest absolute Gasteiger partial charge is 0.390 e. The first kappa shape index (κ1) is 26.7. The van der Waals surface area contributed by atoms with Gasteiger partial charge < -0.3 is 35.2 Å². The molecule has 0 spiro atoms. The summed E-state index contributed by atoms with van der Waals surface area (Å²) < 4.78 is 51.5. The molecule has 1 amide bonds. The number of hydrogen-bond acceptors (Lipinski definition) is 11. The maximum absolute atomic E-state index is 12.1. The van der Waals surface area contributed by atoms with Crippen molar-refractivity contribution < 1.29 is 61.1 Å². The van der Waals surface area contributed by atoms with Crippen LogP contribution in [0.5, 0.6) is 0 Å². The highest BCUT2D eigenvalue weighted by molar-refractivity contribution is 7.66. The molecule has 0 aromatic carbocycles. The highest BCUT2D eigenvalue weighted by Crippen LogP contribution is 2.66. The number of aromatic amines is 1. The Labute approximate surface area is 177 Å². The van der Waals surface area contributed by atoms with E-state index in [1.807, 2.05) is 4.98 Å². The topological polar surface area (TPSA) is 287 Å². The van der Waals surface area contributed by atoms with E-state index in [0.29, 0.717) is 0 Å². The van der Waals surface area contributed by atoms with Gasteiger partial charge >= 0.3 is 29.2 Å². The number of amides is 1. The lowest BCUT2D eigenvalue weighted by atomic mass is 10.0. The molecule has 1 aromatic rings. The van der Waals surface area contributed by atoms with Crippen LogP contribution in [-0.4, -0.2) is 59.0 Å². The van der Waals surface area contributed by atoms with Crippen LogP contribution in [0.2, 0.25) is 0 Å². The molecule has 18 nitrogen and oxygen atoms in total. The summed E-state index contributed by atoms with van der Waals surface area (Å²) in [5.41, 5.74) is 1.43. The van der Waals surface area contributed by atoms with E-state index < -0.39 is 78.0 Å². The van der Waals surface area contributed by atoms with Crippen LogP contribution in [0.25, 0.3) is 0 Å². The minimum absolute atomic E-state index is 0.480. The molecular formula is C11H18N3O15P3. The molecule has 32 heavy (non-hydrogen) atoms. The number of nitrogens with zero attached hydrogens (tertiary/aromatic N) is 1. The summed E-state index contributed by atoms with van der Waals surface area (Å²) in [5, 5.41) is 10.2. The molecule has 1 aliphatic heterocycles. The van der Waals surface area contributed by atoms with Gasteiger partial charge in [-0.3, -0.25) is 23.7 Å². The third-order valence-electron chi connectivity index (χ3n) is 3.86. The number of carbonyl (C=O) groups excluding carboxylic acids is 1. The molecule has 0 bridgehead atoms. The van der Waals surface area contributed by atoms with Crippen LogP contribution in [-0.2, 0) is 42.1 Å². The fraction of sp³-hybridized carbons (Fsp3) is 0.545. The summed E-state index contributed by atoms with van der Waals surface area (Å²) in [6, 6.07) is 0.916. The molecule has 0 saturated carbocycles. The van der Waals surface area contributed by atoms with Gasteiger partial charge in [0, 0.05) is 18.7 Å². The quantitative estimate of drug-likeness (QED) is 0.156. The fourth-order valence-corrected chi connectivity index (χ4v) is 5.88. The van der Waals surface area contributed by atoms with E-state index in [1.54, 1.807) is 0 Å². The summed E-state index contributed by atoms with van der Waals surface area (Å²) in [4.78, 5) is 72.4. The van der Waals surface area contributed by atoms with E-state index in [2.05, 4.69) is 13.1 Å². The number of primary amides is 1. The first-order chi connectivity index (χ1) is 14.4. The number of rotatable bonds is 10. The zero-order valence-electron chi connectivity index (χ0n) is 15.6. The van der Waals surface area contributed by atoms with Crippen molar-refractivity contribution >= 4 is 29.4 Å². The van der Waals surface area contributed by atoms with E-state index in [1.165, 1.54) is 0 Å². The summed E-state index contributed by atoms with van der Waals surface area (Å²) in [6.45, 7) is -1.04. The van der Waals surface area contributed by atoms with Crippen molar-refractivity contribution in [2.75, 3.05) is 6.61 Å². The number of H-pyrrole nitrogens is 1. The first-order valence-corrected chi connectivity index (χ1v) is 12.7. The van der Waals surface area contributed by atoms with Crippen molar-refractivity contribution in [3.63, 3.8) is 0 Å². The third kappa shape index (κ3) is 7.25. The number of phosphoric acid groups is 3. The number of ether oxygens (including phenoxy) is 1. The maximum Gasteiger partial charge on any atom is 0.490 e. The van der Waals surface area contributed by atoms with E-state index in [4.69, 9.17) is 25.2 Å². The van der Waals surface area contributed by atoms with Gasteiger partial charge in [-0.25, -0.2) is 18.5 Å². The SMILES string of the molecule is NC(=O)C[C@]1(n2ccc(=O)[nH]c2=O)C[C@H](O)[C@@H](COP(=O)(O)OP(=O)(O)OP(=O)(O)O)O1. The summed E-state index contributed by atoms with van der Waals surface area (Å²) >= 11 is 0. The van der Waals surface area contributed by atoms with Crippen molar-refractivity contribution in [1.29, 1.82) is 0 Å². The Bertz CT molecular complexity index is 1130. The molecule has 21 heteroatoms. The normalized spacial score (nSPS) is 27.5. The maximum atomic E-state index is 12.1. The van der Waals surface area contributed by atoms with Gasteiger partial charge in [0.15, 0.2) is 5.72 Å².